The molecule has 96 valence electrons. The van der Waals surface area contributed by atoms with E-state index in [0.717, 1.165) is 30.8 Å². The molecule has 1 aromatic heterocycles. The topological polar surface area (TPSA) is 42.4 Å². The van der Waals surface area contributed by atoms with Crippen LogP contribution in [0.15, 0.2) is 47.1 Å². The molecule has 0 atom stereocenters. The molecule has 0 fully saturated rings. The minimum absolute atomic E-state index is 0.539. The zero-order valence-electron chi connectivity index (χ0n) is 10.8. The summed E-state index contributed by atoms with van der Waals surface area (Å²) in [6, 6.07) is 12.6. The molecule has 2 aromatic rings. The smallest absolute Gasteiger partial charge is 0.118 e. The Hall–Kier alpha value is -1.58. The van der Waals surface area contributed by atoms with E-state index >= 15 is 0 Å². The highest BCUT2D eigenvalue weighted by molar-refractivity contribution is 5.15. The second kappa shape index (κ2) is 6.38. The van der Waals surface area contributed by atoms with Crippen LogP contribution < -0.4 is 5.73 Å². The minimum Gasteiger partial charge on any atom is -0.468 e. The van der Waals surface area contributed by atoms with Crippen LogP contribution in [0.1, 0.15) is 16.9 Å². The van der Waals surface area contributed by atoms with Gasteiger partial charge in [0.1, 0.15) is 5.76 Å². The first kappa shape index (κ1) is 12.9. The van der Waals surface area contributed by atoms with Crippen molar-refractivity contribution in [3.63, 3.8) is 0 Å². The number of furan rings is 1. The Morgan fingerprint density at radius 3 is 2.61 bits per heavy atom. The second-order valence-corrected chi connectivity index (χ2v) is 4.60. The van der Waals surface area contributed by atoms with Crippen LogP contribution in [0.4, 0.5) is 0 Å². The molecule has 1 heterocycles. The van der Waals surface area contributed by atoms with E-state index in [4.69, 9.17) is 10.2 Å². The van der Waals surface area contributed by atoms with Gasteiger partial charge < -0.3 is 10.2 Å². The monoisotopic (exact) mass is 244 g/mol. The van der Waals surface area contributed by atoms with Crippen molar-refractivity contribution in [3.05, 3.63) is 59.5 Å². The molecule has 1 aromatic carbocycles. The average Bonchev–Trinajstić information content (AvgIpc) is 2.85. The molecule has 0 aliphatic rings. The van der Waals surface area contributed by atoms with Crippen LogP contribution >= 0.6 is 0 Å². The van der Waals surface area contributed by atoms with E-state index in [9.17, 15) is 0 Å². The summed E-state index contributed by atoms with van der Waals surface area (Å²) >= 11 is 0. The van der Waals surface area contributed by atoms with Gasteiger partial charge >= 0.3 is 0 Å². The summed E-state index contributed by atoms with van der Waals surface area (Å²) in [5.74, 6) is 0.978. The number of hydrogen-bond acceptors (Lipinski definition) is 3. The third kappa shape index (κ3) is 3.72. The molecule has 18 heavy (non-hydrogen) atoms. The van der Waals surface area contributed by atoms with Crippen molar-refractivity contribution in [1.82, 2.24) is 4.90 Å². The Balaban J connectivity index is 1.80. The molecule has 0 bridgehead atoms. The molecule has 2 rings (SSSR count). The molecular formula is C15H20N2O. The highest BCUT2D eigenvalue weighted by atomic mass is 16.3. The van der Waals surface area contributed by atoms with Crippen LogP contribution in [0.25, 0.3) is 0 Å². The standard InChI is InChI=1S/C15H20N2O/c1-17(8-7-13-5-3-2-4-6-13)11-15-9-14(10-16)12-18-15/h2-6,9,12H,7-8,10-11,16H2,1H3. The van der Waals surface area contributed by atoms with Crippen LogP contribution in [0, 0.1) is 0 Å². The lowest BCUT2D eigenvalue weighted by Crippen LogP contribution is -2.20. The SMILES string of the molecule is CN(CCc1ccccc1)Cc1cc(CN)co1. The van der Waals surface area contributed by atoms with Crippen LogP contribution in [0.5, 0.6) is 0 Å². The number of nitrogens with two attached hydrogens (primary N) is 1. The second-order valence-electron chi connectivity index (χ2n) is 4.60. The quantitative estimate of drug-likeness (QED) is 0.848. The lowest BCUT2D eigenvalue weighted by molar-refractivity contribution is 0.298. The van der Waals surface area contributed by atoms with Gasteiger partial charge in [-0.15, -0.1) is 0 Å². The normalized spacial score (nSPS) is 11.1. The van der Waals surface area contributed by atoms with E-state index in [-0.39, 0.29) is 0 Å². The number of likely N-dealkylation sites (N-methyl/N-ethyl adjacent to an activating group) is 1. The van der Waals surface area contributed by atoms with E-state index in [1.165, 1.54) is 5.56 Å². The van der Waals surface area contributed by atoms with Crippen LogP contribution in [-0.2, 0) is 19.5 Å². The van der Waals surface area contributed by atoms with Gasteiger partial charge in [-0.1, -0.05) is 30.3 Å². The fourth-order valence-electron chi connectivity index (χ4n) is 1.93. The summed E-state index contributed by atoms with van der Waals surface area (Å²) < 4.78 is 5.46. The van der Waals surface area contributed by atoms with Crippen LogP contribution in [0.2, 0.25) is 0 Å². The zero-order valence-corrected chi connectivity index (χ0v) is 10.8. The van der Waals surface area contributed by atoms with Gasteiger partial charge in [0.25, 0.3) is 0 Å². The molecule has 3 heteroatoms. The molecule has 0 saturated heterocycles. The maximum absolute atomic E-state index is 5.56. The highest BCUT2D eigenvalue weighted by Crippen LogP contribution is 2.10. The van der Waals surface area contributed by atoms with Gasteiger partial charge in [0, 0.05) is 18.7 Å². The van der Waals surface area contributed by atoms with Gasteiger partial charge in [-0.2, -0.15) is 0 Å². The molecule has 0 radical (unpaired) electrons. The molecule has 0 unspecified atom stereocenters. The molecule has 0 aliphatic carbocycles. The number of benzene rings is 1. The molecule has 0 saturated carbocycles. The summed E-state index contributed by atoms with van der Waals surface area (Å²) in [4.78, 5) is 2.26. The summed E-state index contributed by atoms with van der Waals surface area (Å²) in [6.07, 6.45) is 2.79. The third-order valence-corrected chi connectivity index (χ3v) is 2.99. The number of rotatable bonds is 6. The first-order valence-electron chi connectivity index (χ1n) is 6.27. The predicted octanol–water partition coefficient (Wildman–Crippen LogP) is 2.41. The Bertz CT molecular complexity index is 464. The van der Waals surface area contributed by atoms with E-state index < -0.39 is 0 Å². The minimum atomic E-state index is 0.539. The first-order chi connectivity index (χ1) is 8.78. The average molecular weight is 244 g/mol. The van der Waals surface area contributed by atoms with Crippen molar-refractivity contribution in [2.24, 2.45) is 5.73 Å². The Morgan fingerprint density at radius 2 is 1.94 bits per heavy atom. The van der Waals surface area contributed by atoms with Crippen molar-refractivity contribution in [1.29, 1.82) is 0 Å². The number of nitrogens with zero attached hydrogens (tertiary/aromatic N) is 1. The summed E-state index contributed by atoms with van der Waals surface area (Å²) in [6.45, 7) is 2.38. The lowest BCUT2D eigenvalue weighted by Gasteiger charge is -2.14. The zero-order chi connectivity index (χ0) is 12.8. The summed E-state index contributed by atoms with van der Waals surface area (Å²) in [5.41, 5.74) is 7.98. The molecule has 0 amide bonds. The molecule has 0 aliphatic heterocycles. The molecule has 3 nitrogen and oxygen atoms in total. The Kier molecular flexibility index (Phi) is 4.56. The lowest BCUT2D eigenvalue weighted by atomic mass is 10.1. The summed E-state index contributed by atoms with van der Waals surface area (Å²) in [7, 11) is 2.10. The first-order valence-corrected chi connectivity index (χ1v) is 6.27. The Labute approximate surface area is 108 Å². The van der Waals surface area contributed by atoms with E-state index in [2.05, 4.69) is 36.2 Å². The van der Waals surface area contributed by atoms with Crippen LogP contribution in [0.3, 0.4) is 0 Å². The van der Waals surface area contributed by atoms with Gasteiger partial charge in [0.15, 0.2) is 0 Å². The van der Waals surface area contributed by atoms with Gasteiger partial charge in [0.05, 0.1) is 12.8 Å². The van der Waals surface area contributed by atoms with Gasteiger partial charge in [0.2, 0.25) is 0 Å². The van der Waals surface area contributed by atoms with E-state index in [1.54, 1.807) is 6.26 Å². The maximum Gasteiger partial charge on any atom is 0.118 e. The maximum atomic E-state index is 5.56. The van der Waals surface area contributed by atoms with Gasteiger partial charge in [-0.25, -0.2) is 0 Å². The molecular weight excluding hydrogens is 224 g/mol. The van der Waals surface area contributed by atoms with Crippen molar-refractivity contribution < 1.29 is 4.42 Å². The fraction of sp³-hybridized carbons (Fsp3) is 0.333. The van der Waals surface area contributed by atoms with Crippen molar-refractivity contribution in [2.75, 3.05) is 13.6 Å². The largest absolute Gasteiger partial charge is 0.468 e. The van der Waals surface area contributed by atoms with Crippen molar-refractivity contribution in [3.8, 4) is 0 Å². The van der Waals surface area contributed by atoms with Crippen LogP contribution in [-0.4, -0.2) is 18.5 Å². The van der Waals surface area contributed by atoms with E-state index in [0.29, 0.717) is 6.54 Å². The van der Waals surface area contributed by atoms with E-state index in [1.807, 2.05) is 12.1 Å². The predicted molar refractivity (Wildman–Crippen MR) is 73.1 cm³/mol. The fourth-order valence-corrected chi connectivity index (χ4v) is 1.93. The van der Waals surface area contributed by atoms with Gasteiger partial charge in [-0.05, 0) is 25.1 Å². The Morgan fingerprint density at radius 1 is 1.17 bits per heavy atom. The molecule has 2 N–H and O–H groups in total. The van der Waals surface area contributed by atoms with Gasteiger partial charge in [-0.3, -0.25) is 4.90 Å². The highest BCUT2D eigenvalue weighted by Gasteiger charge is 2.05. The summed E-state index contributed by atoms with van der Waals surface area (Å²) in [5, 5.41) is 0. The third-order valence-electron chi connectivity index (χ3n) is 2.99. The van der Waals surface area contributed by atoms with Crippen molar-refractivity contribution in [2.45, 2.75) is 19.5 Å². The molecule has 0 spiro atoms. The van der Waals surface area contributed by atoms with Crippen molar-refractivity contribution >= 4 is 0 Å². The number of hydrogen-bond donors (Lipinski definition) is 1.